The summed E-state index contributed by atoms with van der Waals surface area (Å²) in [6, 6.07) is 7.87. The molecule has 0 N–H and O–H groups in total. The third-order valence-electron chi connectivity index (χ3n) is 1.43. The quantitative estimate of drug-likeness (QED) is 0.568. The molecule has 2 aromatic rings. The van der Waals surface area contributed by atoms with E-state index in [-0.39, 0.29) is 22.4 Å². The van der Waals surface area contributed by atoms with Crippen LogP contribution in [0, 0.1) is 0 Å². The molecule has 0 bridgehead atoms. The van der Waals surface area contributed by atoms with Crippen LogP contribution in [0.15, 0.2) is 30.6 Å². The van der Waals surface area contributed by atoms with E-state index in [4.69, 9.17) is 0 Å². The summed E-state index contributed by atoms with van der Waals surface area (Å²) in [6.45, 7) is 0. The largest absolute Gasteiger partial charge is 0.275 e. The molecular weight excluding hydrogens is 341 g/mol. The molecule has 0 spiro atoms. The van der Waals surface area contributed by atoms with E-state index in [0.29, 0.717) is 0 Å². The molecule has 1 aromatic carbocycles. The van der Waals surface area contributed by atoms with Crippen molar-refractivity contribution in [3.8, 4) is 0 Å². The summed E-state index contributed by atoms with van der Waals surface area (Å²) < 4.78 is 1.70. The summed E-state index contributed by atoms with van der Waals surface area (Å²) in [5.74, 6) is 0. The van der Waals surface area contributed by atoms with Crippen LogP contribution in [-0.4, -0.2) is 8.96 Å². The molecule has 0 amide bonds. The van der Waals surface area contributed by atoms with Crippen molar-refractivity contribution in [1.82, 2.24) is 8.96 Å². The van der Waals surface area contributed by atoms with E-state index >= 15 is 0 Å². The van der Waals surface area contributed by atoms with E-state index in [1.54, 1.807) is 10.3 Å². The molecule has 0 saturated carbocycles. The molecule has 1 radical (unpaired) electrons. The number of thiol groups is 1. The van der Waals surface area contributed by atoms with Crippen molar-refractivity contribution in [2.75, 3.05) is 0 Å². The topological polar surface area (TPSA) is 17.8 Å². The first-order chi connectivity index (χ1) is 4.88. The molecular formula is C7H6AuN2S. The molecule has 0 saturated heterocycles. The Morgan fingerprint density at radius 3 is 2.73 bits per heavy atom. The Labute approximate surface area is 85.7 Å². The maximum Gasteiger partial charge on any atom is 0.106 e. The zero-order valence-electron chi connectivity index (χ0n) is 5.53. The summed E-state index contributed by atoms with van der Waals surface area (Å²) in [5.41, 5.74) is 2.03. The standard InChI is InChI=1S/C7H6N2S.Au/c10-9-5-8-6-3-1-2-4-7(6)9;/h1-5,10H;. The molecule has 11 heavy (non-hydrogen) atoms. The van der Waals surface area contributed by atoms with E-state index in [1.807, 2.05) is 24.3 Å². The van der Waals surface area contributed by atoms with E-state index in [2.05, 4.69) is 17.8 Å². The number of hydrogen-bond donors (Lipinski definition) is 1. The van der Waals surface area contributed by atoms with Crippen molar-refractivity contribution in [2.45, 2.75) is 0 Å². The number of para-hydroxylation sites is 2. The molecule has 1 heterocycles. The Morgan fingerprint density at radius 1 is 1.27 bits per heavy atom. The van der Waals surface area contributed by atoms with Crippen molar-refractivity contribution >= 4 is 23.8 Å². The summed E-state index contributed by atoms with van der Waals surface area (Å²) in [5, 5.41) is 0. The van der Waals surface area contributed by atoms with E-state index in [1.165, 1.54) is 0 Å². The van der Waals surface area contributed by atoms with Crippen LogP contribution in [0.3, 0.4) is 0 Å². The Bertz CT molecular complexity index is 358. The van der Waals surface area contributed by atoms with Gasteiger partial charge in [0.1, 0.15) is 6.33 Å². The number of benzene rings is 1. The van der Waals surface area contributed by atoms with Gasteiger partial charge >= 0.3 is 0 Å². The van der Waals surface area contributed by atoms with Crippen molar-refractivity contribution < 1.29 is 22.4 Å². The average molecular weight is 347 g/mol. The second-order valence-electron chi connectivity index (χ2n) is 2.08. The predicted octanol–water partition coefficient (Wildman–Crippen LogP) is 1.73. The smallest absolute Gasteiger partial charge is 0.106 e. The van der Waals surface area contributed by atoms with Gasteiger partial charge in [0.2, 0.25) is 0 Å². The van der Waals surface area contributed by atoms with E-state index in [0.717, 1.165) is 11.0 Å². The number of hydrogen-bond acceptors (Lipinski definition) is 2. The maximum atomic E-state index is 4.16. The summed E-state index contributed by atoms with van der Waals surface area (Å²) in [7, 11) is 0. The van der Waals surface area contributed by atoms with Crippen LogP contribution in [-0.2, 0) is 22.4 Å². The van der Waals surface area contributed by atoms with E-state index in [9.17, 15) is 0 Å². The van der Waals surface area contributed by atoms with Crippen LogP contribution < -0.4 is 0 Å². The predicted molar refractivity (Wildman–Crippen MR) is 44.1 cm³/mol. The summed E-state index contributed by atoms with van der Waals surface area (Å²) in [4.78, 5) is 4.10. The Hall–Kier alpha value is -0.220. The maximum absolute atomic E-state index is 4.16. The molecule has 0 unspecified atom stereocenters. The van der Waals surface area contributed by atoms with Gasteiger partial charge in [-0.25, -0.2) is 4.98 Å². The molecule has 4 heteroatoms. The molecule has 0 aliphatic carbocycles. The summed E-state index contributed by atoms with van der Waals surface area (Å²) >= 11 is 4.16. The van der Waals surface area contributed by atoms with Gasteiger partial charge in [0, 0.05) is 22.4 Å². The van der Waals surface area contributed by atoms with Crippen molar-refractivity contribution in [3.05, 3.63) is 30.6 Å². The SMILES string of the molecule is Sn1cnc2ccccc21.[Au]. The summed E-state index contributed by atoms with van der Waals surface area (Å²) in [6.07, 6.45) is 1.69. The van der Waals surface area contributed by atoms with Gasteiger partial charge in [0.15, 0.2) is 0 Å². The molecule has 0 atom stereocenters. The third-order valence-corrected chi connectivity index (χ3v) is 1.75. The minimum atomic E-state index is 0. The first-order valence-electron chi connectivity index (χ1n) is 2.99. The van der Waals surface area contributed by atoms with E-state index < -0.39 is 0 Å². The Balaban J connectivity index is 0.000000605. The van der Waals surface area contributed by atoms with Crippen LogP contribution >= 0.6 is 12.8 Å². The molecule has 0 aliphatic rings. The van der Waals surface area contributed by atoms with Gasteiger partial charge in [-0.05, 0) is 12.1 Å². The van der Waals surface area contributed by atoms with Crippen molar-refractivity contribution in [2.24, 2.45) is 0 Å². The van der Waals surface area contributed by atoms with Gasteiger partial charge in [-0.1, -0.05) is 24.9 Å². The average Bonchev–Trinajstić information content (AvgIpc) is 2.34. The third kappa shape index (κ3) is 1.51. The van der Waals surface area contributed by atoms with Gasteiger partial charge in [0.25, 0.3) is 0 Å². The zero-order valence-corrected chi connectivity index (χ0v) is 8.59. The molecule has 1 aromatic heterocycles. The van der Waals surface area contributed by atoms with Crippen LogP contribution in [0.25, 0.3) is 11.0 Å². The van der Waals surface area contributed by atoms with Gasteiger partial charge in [-0.3, -0.25) is 3.97 Å². The number of imidazole rings is 1. The first-order valence-corrected chi connectivity index (χ1v) is 3.39. The minimum absolute atomic E-state index is 0. The number of fused-ring (bicyclic) bond motifs is 1. The van der Waals surface area contributed by atoms with Crippen LogP contribution in [0.1, 0.15) is 0 Å². The van der Waals surface area contributed by atoms with Gasteiger partial charge < -0.3 is 0 Å². The fourth-order valence-corrected chi connectivity index (χ4v) is 1.17. The first kappa shape index (κ1) is 8.87. The van der Waals surface area contributed by atoms with Crippen molar-refractivity contribution in [3.63, 3.8) is 0 Å². The molecule has 2 rings (SSSR count). The second-order valence-corrected chi connectivity index (χ2v) is 2.51. The van der Waals surface area contributed by atoms with Crippen LogP contribution in [0.2, 0.25) is 0 Å². The number of aromatic nitrogens is 2. The second kappa shape index (κ2) is 3.45. The fraction of sp³-hybridized carbons (Fsp3) is 0. The molecule has 61 valence electrons. The van der Waals surface area contributed by atoms with Crippen molar-refractivity contribution in [1.29, 1.82) is 0 Å². The number of rotatable bonds is 0. The molecule has 2 nitrogen and oxygen atoms in total. The van der Waals surface area contributed by atoms with Gasteiger partial charge in [0.05, 0.1) is 11.0 Å². The Morgan fingerprint density at radius 2 is 2.00 bits per heavy atom. The number of nitrogens with zero attached hydrogens (tertiary/aromatic N) is 2. The fourth-order valence-electron chi connectivity index (χ4n) is 0.946. The minimum Gasteiger partial charge on any atom is -0.275 e. The van der Waals surface area contributed by atoms with Gasteiger partial charge in [-0.2, -0.15) is 0 Å². The van der Waals surface area contributed by atoms with Crippen LogP contribution in [0.4, 0.5) is 0 Å². The van der Waals surface area contributed by atoms with Crippen LogP contribution in [0.5, 0.6) is 0 Å². The molecule has 0 fully saturated rings. The zero-order chi connectivity index (χ0) is 6.97. The normalized spacial score (nSPS) is 9.55. The Kier molecular flexibility index (Phi) is 2.78. The van der Waals surface area contributed by atoms with Gasteiger partial charge in [-0.15, -0.1) is 0 Å². The monoisotopic (exact) mass is 347 g/mol. The molecule has 0 aliphatic heterocycles.